The summed E-state index contributed by atoms with van der Waals surface area (Å²) in [5, 5.41) is 11.8. The Morgan fingerprint density at radius 2 is 1.96 bits per heavy atom. The third kappa shape index (κ3) is 4.40. The molecule has 0 bridgehead atoms. The first kappa shape index (κ1) is 20.8. The van der Waals surface area contributed by atoms with Crippen molar-refractivity contribution in [1.82, 2.24) is 10.6 Å². The summed E-state index contributed by atoms with van der Waals surface area (Å²) in [4.78, 5) is 25.4. The summed E-state index contributed by atoms with van der Waals surface area (Å²) in [5.74, 6) is 0.160. The van der Waals surface area contributed by atoms with Crippen molar-refractivity contribution in [3.8, 4) is 0 Å². The molecule has 1 aromatic carbocycles. The highest BCUT2D eigenvalue weighted by Gasteiger charge is 2.25. The number of rotatable bonds is 4. The van der Waals surface area contributed by atoms with Gasteiger partial charge in [0.15, 0.2) is 0 Å². The molecule has 4 rings (SSSR count). The van der Waals surface area contributed by atoms with Gasteiger partial charge in [-0.1, -0.05) is 13.0 Å². The second-order valence-electron chi connectivity index (χ2n) is 7.50. The summed E-state index contributed by atoms with van der Waals surface area (Å²) in [6.07, 6.45) is 4.35. The molecule has 0 radical (unpaired) electrons. The van der Waals surface area contributed by atoms with Crippen LogP contribution in [0.5, 0.6) is 0 Å². The Morgan fingerprint density at radius 1 is 1.14 bits per heavy atom. The molecule has 1 saturated heterocycles. The molecule has 2 amide bonds. The monoisotopic (exact) mass is 419 g/mol. The molecule has 2 heterocycles. The molecule has 0 spiro atoms. The summed E-state index contributed by atoms with van der Waals surface area (Å²) in [5.41, 5.74) is 3.80. The van der Waals surface area contributed by atoms with Crippen LogP contribution in [0.15, 0.2) is 29.6 Å². The SMILES string of the molecule is CC1CCNCC1NC(=O)c1ccsc1NC(=O)c1ccc2c(c1)CCC2.Cl. The largest absolute Gasteiger partial charge is 0.348 e. The summed E-state index contributed by atoms with van der Waals surface area (Å²) in [7, 11) is 0. The Bertz CT molecular complexity index is 867. The Balaban J connectivity index is 0.00000225. The van der Waals surface area contributed by atoms with Crippen molar-refractivity contribution < 1.29 is 9.59 Å². The molecule has 28 heavy (non-hydrogen) atoms. The topological polar surface area (TPSA) is 70.2 Å². The molecule has 2 atom stereocenters. The first-order chi connectivity index (χ1) is 13.1. The van der Waals surface area contributed by atoms with E-state index in [2.05, 4.69) is 28.9 Å². The fourth-order valence-corrected chi connectivity index (χ4v) is 4.68. The van der Waals surface area contributed by atoms with Crippen LogP contribution in [0.2, 0.25) is 0 Å². The number of benzene rings is 1. The number of hydrogen-bond acceptors (Lipinski definition) is 4. The lowest BCUT2D eigenvalue weighted by molar-refractivity contribution is 0.0916. The van der Waals surface area contributed by atoms with Crippen molar-refractivity contribution in [2.45, 2.75) is 38.6 Å². The zero-order valence-corrected chi connectivity index (χ0v) is 17.6. The van der Waals surface area contributed by atoms with Gasteiger partial charge in [0.25, 0.3) is 11.8 Å². The number of amides is 2. The molecule has 3 N–H and O–H groups in total. The average Bonchev–Trinajstić information content (AvgIpc) is 3.32. The lowest BCUT2D eigenvalue weighted by Crippen LogP contribution is -2.50. The van der Waals surface area contributed by atoms with E-state index in [0.29, 0.717) is 22.0 Å². The van der Waals surface area contributed by atoms with Crippen LogP contribution in [0.3, 0.4) is 0 Å². The maximum Gasteiger partial charge on any atom is 0.256 e. The molecular formula is C21H26ClN3O2S. The fourth-order valence-electron chi connectivity index (χ4n) is 3.90. The Hall–Kier alpha value is -1.89. The highest BCUT2D eigenvalue weighted by Crippen LogP contribution is 2.26. The zero-order chi connectivity index (χ0) is 18.8. The number of nitrogens with one attached hydrogen (secondary N) is 3. The third-order valence-corrected chi connectivity index (χ3v) is 6.47. The van der Waals surface area contributed by atoms with Crippen LogP contribution < -0.4 is 16.0 Å². The summed E-state index contributed by atoms with van der Waals surface area (Å²) >= 11 is 1.38. The normalized spacial score (nSPS) is 20.8. The van der Waals surface area contributed by atoms with Crippen LogP contribution in [-0.4, -0.2) is 30.9 Å². The van der Waals surface area contributed by atoms with E-state index in [1.54, 1.807) is 6.07 Å². The number of fused-ring (bicyclic) bond motifs is 1. The van der Waals surface area contributed by atoms with Gasteiger partial charge in [0, 0.05) is 18.2 Å². The van der Waals surface area contributed by atoms with E-state index in [-0.39, 0.29) is 30.3 Å². The number of carbonyl (C=O) groups excluding carboxylic acids is 2. The molecule has 2 aliphatic rings. The predicted molar refractivity (Wildman–Crippen MR) is 116 cm³/mol. The van der Waals surface area contributed by atoms with Gasteiger partial charge < -0.3 is 16.0 Å². The van der Waals surface area contributed by atoms with Crippen LogP contribution in [-0.2, 0) is 12.8 Å². The first-order valence-corrected chi connectivity index (χ1v) is 10.5. The third-order valence-electron chi connectivity index (χ3n) is 5.64. The van der Waals surface area contributed by atoms with Crippen molar-refractivity contribution in [3.05, 3.63) is 51.9 Å². The molecule has 1 aromatic heterocycles. The minimum absolute atomic E-state index is 0. The molecule has 2 unspecified atom stereocenters. The maximum atomic E-state index is 12.7. The fraction of sp³-hybridized carbons (Fsp3) is 0.429. The maximum absolute atomic E-state index is 12.7. The van der Waals surface area contributed by atoms with Gasteiger partial charge in [0.2, 0.25) is 0 Å². The molecule has 7 heteroatoms. The van der Waals surface area contributed by atoms with Gasteiger partial charge in [-0.2, -0.15) is 0 Å². The smallest absolute Gasteiger partial charge is 0.256 e. The Kier molecular flexibility index (Phi) is 6.75. The van der Waals surface area contributed by atoms with Gasteiger partial charge >= 0.3 is 0 Å². The van der Waals surface area contributed by atoms with Gasteiger partial charge in [0.1, 0.15) is 5.00 Å². The number of halogens is 1. The second-order valence-corrected chi connectivity index (χ2v) is 8.42. The molecule has 1 fully saturated rings. The lowest BCUT2D eigenvalue weighted by Gasteiger charge is -2.30. The molecule has 5 nitrogen and oxygen atoms in total. The van der Waals surface area contributed by atoms with E-state index in [0.717, 1.165) is 38.8 Å². The summed E-state index contributed by atoms with van der Waals surface area (Å²) in [6, 6.07) is 7.81. The highest BCUT2D eigenvalue weighted by molar-refractivity contribution is 7.14. The number of piperidine rings is 1. The minimum atomic E-state index is -0.158. The lowest BCUT2D eigenvalue weighted by atomic mass is 9.94. The first-order valence-electron chi connectivity index (χ1n) is 9.64. The zero-order valence-electron chi connectivity index (χ0n) is 15.9. The van der Waals surface area contributed by atoms with Gasteiger partial charge in [-0.15, -0.1) is 23.7 Å². The average molecular weight is 420 g/mol. The number of hydrogen-bond donors (Lipinski definition) is 3. The van der Waals surface area contributed by atoms with E-state index < -0.39 is 0 Å². The predicted octanol–water partition coefficient (Wildman–Crippen LogP) is 3.64. The van der Waals surface area contributed by atoms with Crippen molar-refractivity contribution in [2.24, 2.45) is 5.92 Å². The molecule has 0 saturated carbocycles. The summed E-state index contributed by atoms with van der Waals surface area (Å²) in [6.45, 7) is 3.94. The molecule has 1 aliphatic heterocycles. The number of thiophene rings is 1. The number of aryl methyl sites for hydroxylation is 2. The van der Waals surface area contributed by atoms with E-state index in [1.165, 1.54) is 22.5 Å². The minimum Gasteiger partial charge on any atom is -0.348 e. The van der Waals surface area contributed by atoms with Gasteiger partial charge in [-0.3, -0.25) is 9.59 Å². The van der Waals surface area contributed by atoms with Crippen molar-refractivity contribution >= 4 is 40.6 Å². The van der Waals surface area contributed by atoms with Crippen molar-refractivity contribution in [3.63, 3.8) is 0 Å². The van der Waals surface area contributed by atoms with Gasteiger partial charge in [0.05, 0.1) is 5.56 Å². The van der Waals surface area contributed by atoms with Crippen molar-refractivity contribution in [1.29, 1.82) is 0 Å². The standard InChI is InChI=1S/C21H25N3O2S.ClH/c1-13-7-9-22-12-18(13)23-20(26)17-8-10-27-21(17)24-19(25)16-6-5-14-3-2-4-15(14)11-16;/h5-6,8,10-11,13,18,22H,2-4,7,9,12H2,1H3,(H,23,26)(H,24,25);1H. The van der Waals surface area contributed by atoms with E-state index >= 15 is 0 Å². The van der Waals surface area contributed by atoms with E-state index in [1.807, 2.05) is 17.5 Å². The van der Waals surface area contributed by atoms with Crippen LogP contribution >= 0.6 is 23.7 Å². The molecular weight excluding hydrogens is 394 g/mol. The van der Waals surface area contributed by atoms with E-state index in [9.17, 15) is 9.59 Å². The highest BCUT2D eigenvalue weighted by atomic mass is 35.5. The van der Waals surface area contributed by atoms with E-state index in [4.69, 9.17) is 0 Å². The number of anilines is 1. The molecule has 1 aliphatic carbocycles. The molecule has 150 valence electrons. The quantitative estimate of drug-likeness (QED) is 0.708. The molecule has 2 aromatic rings. The van der Waals surface area contributed by atoms with Crippen LogP contribution in [0.25, 0.3) is 0 Å². The Labute approximate surface area is 175 Å². The number of carbonyl (C=O) groups is 2. The van der Waals surface area contributed by atoms with Crippen LogP contribution in [0.4, 0.5) is 5.00 Å². The van der Waals surface area contributed by atoms with Crippen molar-refractivity contribution in [2.75, 3.05) is 18.4 Å². The second kappa shape index (κ2) is 9.07. The van der Waals surface area contributed by atoms with Crippen LogP contribution in [0.1, 0.15) is 51.6 Å². The van der Waals surface area contributed by atoms with Crippen LogP contribution in [0, 0.1) is 5.92 Å². The van der Waals surface area contributed by atoms with Gasteiger partial charge in [-0.25, -0.2) is 0 Å². The Morgan fingerprint density at radius 3 is 2.79 bits per heavy atom. The van der Waals surface area contributed by atoms with Gasteiger partial charge in [-0.05, 0) is 72.9 Å². The summed E-state index contributed by atoms with van der Waals surface area (Å²) < 4.78 is 0.